The molecule has 1 aromatic heterocycles. The first-order valence-electron chi connectivity index (χ1n) is 6.56. The topological polar surface area (TPSA) is 72.2 Å². The quantitative estimate of drug-likeness (QED) is 0.631. The molecule has 1 N–H and O–H groups in total. The third kappa shape index (κ3) is 4.31. The number of hydrogen-bond donors (Lipinski definition) is 1. The molecule has 0 amide bonds. The number of carboxylic acid groups (broad SMARTS) is 1. The first-order valence-corrected chi connectivity index (χ1v) is 7.82. The number of nitrogens with zero attached hydrogens (tertiary/aromatic N) is 2. The van der Waals surface area contributed by atoms with Crippen molar-refractivity contribution >= 4 is 29.3 Å². The van der Waals surface area contributed by atoms with Crippen LogP contribution in [0.2, 0.25) is 5.02 Å². The van der Waals surface area contributed by atoms with E-state index in [-0.39, 0.29) is 16.0 Å². The van der Waals surface area contributed by atoms with Gasteiger partial charge in [-0.1, -0.05) is 11.6 Å². The lowest BCUT2D eigenvalue weighted by atomic mass is 10.3. The summed E-state index contributed by atoms with van der Waals surface area (Å²) in [7, 11) is 0. The summed E-state index contributed by atoms with van der Waals surface area (Å²) in [6, 6.07) is 2.18. The van der Waals surface area contributed by atoms with Gasteiger partial charge in [0.1, 0.15) is 10.9 Å². The predicted octanol–water partition coefficient (Wildman–Crippen LogP) is 3.61. The number of carboxylic acids is 1. The van der Waals surface area contributed by atoms with Gasteiger partial charge in [-0.15, -0.1) is 11.8 Å². The second-order valence-corrected chi connectivity index (χ2v) is 6.61. The normalized spacial score (nSPS) is 12.9. The molecule has 2 rings (SSSR count). The summed E-state index contributed by atoms with van der Waals surface area (Å²) in [6.07, 6.45) is -4.37. The molecule has 0 aliphatic rings. The highest BCUT2D eigenvalue weighted by Crippen LogP contribution is 2.33. The van der Waals surface area contributed by atoms with Crippen molar-refractivity contribution in [2.24, 2.45) is 0 Å². The van der Waals surface area contributed by atoms with Gasteiger partial charge in [0.15, 0.2) is 5.82 Å². The van der Waals surface area contributed by atoms with E-state index >= 15 is 0 Å². The molecule has 1 unspecified atom stereocenters. The fourth-order valence-corrected chi connectivity index (χ4v) is 2.87. The summed E-state index contributed by atoms with van der Waals surface area (Å²) in [6.45, 7) is 1.37. The van der Waals surface area contributed by atoms with E-state index in [1.807, 2.05) is 0 Å². The van der Waals surface area contributed by atoms with Crippen LogP contribution in [0.4, 0.5) is 17.6 Å². The van der Waals surface area contributed by atoms with Crippen LogP contribution in [0.25, 0.3) is 5.69 Å². The molecule has 2 aromatic rings. The fraction of sp³-hybridized carbons (Fsp3) is 0.214. The molecule has 1 atom stereocenters. The average molecular weight is 397 g/mol. The molecular weight excluding hydrogens is 388 g/mol. The number of alkyl halides is 3. The minimum Gasteiger partial charge on any atom is -0.480 e. The van der Waals surface area contributed by atoms with Crippen molar-refractivity contribution in [3.8, 4) is 5.69 Å². The zero-order chi connectivity index (χ0) is 18.9. The Balaban J connectivity index is 2.53. The largest absolute Gasteiger partial charge is 0.480 e. The second kappa shape index (κ2) is 7.04. The lowest BCUT2D eigenvalue weighted by Crippen LogP contribution is -2.24. The van der Waals surface area contributed by atoms with Crippen molar-refractivity contribution in [1.29, 1.82) is 0 Å². The van der Waals surface area contributed by atoms with Gasteiger partial charge < -0.3 is 5.11 Å². The van der Waals surface area contributed by atoms with Gasteiger partial charge in [0, 0.05) is 11.0 Å². The summed E-state index contributed by atoms with van der Waals surface area (Å²) < 4.78 is 52.3. The second-order valence-electron chi connectivity index (χ2n) is 4.82. The van der Waals surface area contributed by atoms with E-state index in [1.165, 1.54) is 6.92 Å². The third-order valence-electron chi connectivity index (χ3n) is 3.01. The molecule has 0 saturated heterocycles. The van der Waals surface area contributed by atoms with Crippen LogP contribution in [0.3, 0.4) is 0 Å². The van der Waals surface area contributed by atoms with Gasteiger partial charge in [-0.2, -0.15) is 23.0 Å². The number of carbonyl (C=O) groups is 1. The zero-order valence-corrected chi connectivity index (χ0v) is 13.9. The third-order valence-corrected chi connectivity index (χ3v) is 4.58. The van der Waals surface area contributed by atoms with Crippen molar-refractivity contribution in [1.82, 2.24) is 9.78 Å². The Hall–Kier alpha value is -2.07. The first kappa shape index (κ1) is 19.3. The van der Waals surface area contributed by atoms with Crippen LogP contribution >= 0.6 is 23.4 Å². The molecule has 0 radical (unpaired) electrons. The highest BCUT2D eigenvalue weighted by Gasteiger charge is 2.32. The van der Waals surface area contributed by atoms with Crippen LogP contribution in [0.5, 0.6) is 0 Å². The summed E-state index contributed by atoms with van der Waals surface area (Å²) in [5.74, 6) is -2.14. The molecule has 0 fully saturated rings. The van der Waals surface area contributed by atoms with Crippen molar-refractivity contribution in [3.63, 3.8) is 0 Å². The molecule has 1 heterocycles. The lowest BCUT2D eigenvalue weighted by Gasteiger charge is -2.12. The minimum atomic E-state index is -4.76. The van der Waals surface area contributed by atoms with Gasteiger partial charge in [0.05, 0.1) is 16.8 Å². The highest BCUT2D eigenvalue weighted by molar-refractivity contribution is 8.00. The maximum absolute atomic E-state index is 14.1. The zero-order valence-electron chi connectivity index (χ0n) is 12.3. The number of thioether (sulfide) groups is 1. The highest BCUT2D eigenvalue weighted by atomic mass is 35.5. The Morgan fingerprint density at radius 2 is 2.00 bits per heavy atom. The monoisotopic (exact) mass is 396 g/mol. The van der Waals surface area contributed by atoms with Crippen molar-refractivity contribution in [3.05, 3.63) is 51.2 Å². The van der Waals surface area contributed by atoms with Crippen LogP contribution < -0.4 is 5.56 Å². The Kier molecular flexibility index (Phi) is 5.43. The molecule has 0 aliphatic carbocycles. The van der Waals surface area contributed by atoms with E-state index in [0.29, 0.717) is 10.9 Å². The smallest absolute Gasteiger partial charge is 0.418 e. The predicted molar refractivity (Wildman–Crippen MR) is 82.8 cm³/mol. The van der Waals surface area contributed by atoms with Gasteiger partial charge in [-0.25, -0.2) is 4.39 Å². The van der Waals surface area contributed by atoms with Gasteiger partial charge in [-0.05, 0) is 19.1 Å². The van der Waals surface area contributed by atoms with Crippen molar-refractivity contribution < 1.29 is 27.5 Å². The van der Waals surface area contributed by atoms with Gasteiger partial charge in [0.2, 0.25) is 0 Å². The van der Waals surface area contributed by atoms with Crippen LogP contribution in [0.1, 0.15) is 12.5 Å². The van der Waals surface area contributed by atoms with E-state index in [2.05, 4.69) is 5.10 Å². The molecule has 25 heavy (non-hydrogen) atoms. The number of benzene rings is 1. The molecule has 5 nitrogen and oxygen atoms in total. The van der Waals surface area contributed by atoms with Crippen LogP contribution in [0, 0.1) is 5.82 Å². The van der Waals surface area contributed by atoms with Crippen LogP contribution in [-0.2, 0) is 11.0 Å². The Morgan fingerprint density at radius 1 is 1.36 bits per heavy atom. The molecular formula is C14H9ClF4N2O3S. The number of halogens is 5. The van der Waals surface area contributed by atoms with E-state index in [4.69, 9.17) is 16.7 Å². The number of rotatable bonds is 4. The maximum Gasteiger partial charge on any atom is 0.418 e. The average Bonchev–Trinajstić information content (AvgIpc) is 2.49. The summed E-state index contributed by atoms with van der Waals surface area (Å²) in [4.78, 5) is 22.9. The SMILES string of the molecule is CC(Sc1cc(-n2ncc(C(F)(F)F)cc2=O)c(F)cc1Cl)C(=O)O. The number of aliphatic carboxylic acids is 1. The van der Waals surface area contributed by atoms with E-state index in [9.17, 15) is 27.2 Å². The summed E-state index contributed by atoms with van der Waals surface area (Å²) >= 11 is 6.64. The Bertz CT molecular complexity index is 885. The standard InChI is InChI=1S/C14H9ClF4N2O3S/c1-6(13(23)24)25-11-4-10(9(16)3-8(11)15)21-12(22)2-7(5-20-21)14(17,18)19/h2-6H,1H3,(H,23,24). The molecule has 0 saturated carbocycles. The molecule has 0 aliphatic heterocycles. The van der Waals surface area contributed by atoms with E-state index in [0.717, 1.165) is 23.9 Å². The summed E-state index contributed by atoms with van der Waals surface area (Å²) in [5.41, 5.74) is -2.90. The maximum atomic E-state index is 14.1. The molecule has 11 heteroatoms. The van der Waals surface area contributed by atoms with E-state index in [1.54, 1.807) is 0 Å². The van der Waals surface area contributed by atoms with Crippen LogP contribution in [-0.4, -0.2) is 26.1 Å². The first-order chi connectivity index (χ1) is 11.5. The Morgan fingerprint density at radius 3 is 2.52 bits per heavy atom. The van der Waals surface area contributed by atoms with Gasteiger partial charge >= 0.3 is 12.1 Å². The van der Waals surface area contributed by atoms with E-state index < -0.39 is 40.0 Å². The number of aromatic nitrogens is 2. The minimum absolute atomic E-state index is 0.0979. The molecule has 0 bridgehead atoms. The molecule has 0 spiro atoms. The molecule has 1 aromatic carbocycles. The van der Waals surface area contributed by atoms with Gasteiger partial charge in [-0.3, -0.25) is 9.59 Å². The molecule has 134 valence electrons. The lowest BCUT2D eigenvalue weighted by molar-refractivity contribution is -0.138. The number of hydrogen-bond acceptors (Lipinski definition) is 4. The fourth-order valence-electron chi connectivity index (χ4n) is 1.76. The Labute approximate surface area is 147 Å². The summed E-state index contributed by atoms with van der Waals surface area (Å²) in [5, 5.41) is 11.2. The van der Waals surface area contributed by atoms with Crippen molar-refractivity contribution in [2.75, 3.05) is 0 Å². The van der Waals surface area contributed by atoms with Gasteiger partial charge in [0.25, 0.3) is 5.56 Å². The van der Waals surface area contributed by atoms with Crippen LogP contribution in [0.15, 0.2) is 34.1 Å². The van der Waals surface area contributed by atoms with Crippen molar-refractivity contribution in [2.45, 2.75) is 23.2 Å².